The minimum Gasteiger partial charge on any atom is -0.301 e. The zero-order chi connectivity index (χ0) is 21.1. The Balaban J connectivity index is 1.75. The van der Waals surface area contributed by atoms with Crippen molar-refractivity contribution in [1.82, 2.24) is 10.7 Å². The first kappa shape index (κ1) is 21.2. The normalized spacial score (nSPS) is 16.9. The Bertz CT molecular complexity index is 1040. The van der Waals surface area contributed by atoms with Gasteiger partial charge in [-0.3, -0.25) is 19.3 Å². The molecule has 0 saturated carbocycles. The Morgan fingerprint density at radius 1 is 1.10 bits per heavy atom. The van der Waals surface area contributed by atoms with Gasteiger partial charge in [0, 0.05) is 16.3 Å². The lowest BCUT2D eigenvalue weighted by Crippen LogP contribution is -2.58. The van der Waals surface area contributed by atoms with Gasteiger partial charge in [-0.2, -0.15) is 5.10 Å². The van der Waals surface area contributed by atoms with Crippen LogP contribution in [0.25, 0.3) is 0 Å². The molecule has 0 spiro atoms. The number of nitrogens with one attached hydrogen (secondary N) is 2. The maximum absolute atomic E-state index is 12.8. The lowest BCUT2D eigenvalue weighted by Gasteiger charge is -2.30. The van der Waals surface area contributed by atoms with Gasteiger partial charge in [0.25, 0.3) is 11.8 Å². The molecule has 11 heteroatoms. The van der Waals surface area contributed by atoms with Crippen molar-refractivity contribution in [2.24, 2.45) is 11.0 Å². The topological polar surface area (TPSA) is 90.9 Å². The van der Waals surface area contributed by atoms with Crippen LogP contribution in [0.3, 0.4) is 0 Å². The number of carbonyl (C=O) groups excluding carboxylic acids is 3. The SMILES string of the molecule is O=C(N/N=C\[C@@H]1C(=O)NC(=S)N(c2ccc(Cl)cc2)C1=O)c1ccc(Cl)cc1Cl. The van der Waals surface area contributed by atoms with Crippen LogP contribution < -0.4 is 15.6 Å². The van der Waals surface area contributed by atoms with Gasteiger partial charge in [0.05, 0.1) is 16.3 Å². The summed E-state index contributed by atoms with van der Waals surface area (Å²) in [6, 6.07) is 10.7. The third-order valence-electron chi connectivity index (χ3n) is 3.85. The summed E-state index contributed by atoms with van der Waals surface area (Å²) in [5.74, 6) is -3.20. The summed E-state index contributed by atoms with van der Waals surface area (Å²) in [4.78, 5) is 38.3. The molecule has 0 aromatic heterocycles. The van der Waals surface area contributed by atoms with Crippen molar-refractivity contribution in [3.8, 4) is 0 Å². The molecule has 7 nitrogen and oxygen atoms in total. The standard InChI is InChI=1S/C18H11Cl3N4O3S/c19-9-1-4-11(5-2-9)25-17(28)13(15(26)23-18(25)29)8-22-24-16(27)12-6-3-10(20)7-14(12)21/h1-8,13H,(H,24,27)(H,23,26,29)/b22-8-/t13-/m1/s1. The lowest BCUT2D eigenvalue weighted by molar-refractivity contribution is -0.130. The van der Waals surface area contributed by atoms with Gasteiger partial charge >= 0.3 is 0 Å². The van der Waals surface area contributed by atoms with Gasteiger partial charge in [-0.1, -0.05) is 34.8 Å². The van der Waals surface area contributed by atoms with Crippen LogP contribution in [0.4, 0.5) is 5.69 Å². The number of benzene rings is 2. The molecule has 0 aliphatic carbocycles. The van der Waals surface area contributed by atoms with E-state index in [9.17, 15) is 14.4 Å². The van der Waals surface area contributed by atoms with Crippen LogP contribution in [0, 0.1) is 5.92 Å². The molecular weight excluding hydrogens is 459 g/mol. The van der Waals surface area contributed by atoms with Crippen LogP contribution >= 0.6 is 47.0 Å². The highest BCUT2D eigenvalue weighted by atomic mass is 35.5. The number of hydrogen-bond acceptors (Lipinski definition) is 5. The number of thiocarbonyl (C=S) groups is 1. The molecule has 1 fully saturated rings. The third-order valence-corrected chi connectivity index (χ3v) is 4.94. The number of hydrazone groups is 1. The van der Waals surface area contributed by atoms with Crippen LogP contribution in [0.15, 0.2) is 47.6 Å². The smallest absolute Gasteiger partial charge is 0.272 e. The van der Waals surface area contributed by atoms with E-state index >= 15 is 0 Å². The van der Waals surface area contributed by atoms with Gasteiger partial charge in [0.2, 0.25) is 5.91 Å². The number of amides is 3. The molecule has 0 unspecified atom stereocenters. The second-order valence-electron chi connectivity index (χ2n) is 5.77. The summed E-state index contributed by atoms with van der Waals surface area (Å²) >= 11 is 22.7. The van der Waals surface area contributed by atoms with Gasteiger partial charge in [-0.25, -0.2) is 5.43 Å². The molecule has 1 saturated heterocycles. The summed E-state index contributed by atoms with van der Waals surface area (Å²) in [5, 5.41) is 7.07. The lowest BCUT2D eigenvalue weighted by atomic mass is 10.1. The van der Waals surface area contributed by atoms with E-state index in [1.165, 1.54) is 18.2 Å². The van der Waals surface area contributed by atoms with Gasteiger partial charge in [-0.05, 0) is 54.7 Å². The molecule has 1 heterocycles. The molecule has 0 bridgehead atoms. The van der Waals surface area contributed by atoms with Crippen LogP contribution in [0.5, 0.6) is 0 Å². The van der Waals surface area contributed by atoms with Crippen molar-refractivity contribution < 1.29 is 14.4 Å². The number of anilines is 1. The van der Waals surface area contributed by atoms with E-state index in [2.05, 4.69) is 15.8 Å². The molecule has 29 heavy (non-hydrogen) atoms. The van der Waals surface area contributed by atoms with Crippen LogP contribution in [0.1, 0.15) is 10.4 Å². The minimum atomic E-state index is -1.29. The first-order valence-electron chi connectivity index (χ1n) is 8.01. The first-order chi connectivity index (χ1) is 13.8. The van der Waals surface area contributed by atoms with E-state index in [1.807, 2.05) is 0 Å². The summed E-state index contributed by atoms with van der Waals surface area (Å²) in [5.41, 5.74) is 2.79. The zero-order valence-electron chi connectivity index (χ0n) is 14.4. The van der Waals surface area contributed by atoms with E-state index in [4.69, 9.17) is 47.0 Å². The Labute approximate surface area is 185 Å². The fourth-order valence-electron chi connectivity index (χ4n) is 2.46. The van der Waals surface area contributed by atoms with Crippen molar-refractivity contribution in [2.75, 3.05) is 4.90 Å². The highest BCUT2D eigenvalue weighted by molar-refractivity contribution is 7.80. The van der Waals surface area contributed by atoms with Gasteiger partial charge < -0.3 is 5.32 Å². The van der Waals surface area contributed by atoms with Crippen molar-refractivity contribution in [1.29, 1.82) is 0 Å². The van der Waals surface area contributed by atoms with Crippen molar-refractivity contribution >= 4 is 81.8 Å². The molecule has 2 aromatic carbocycles. The average molecular weight is 470 g/mol. The van der Waals surface area contributed by atoms with Gasteiger partial charge in [0.1, 0.15) is 0 Å². The maximum atomic E-state index is 12.8. The van der Waals surface area contributed by atoms with Gasteiger partial charge in [0.15, 0.2) is 11.0 Å². The second kappa shape index (κ2) is 8.87. The number of rotatable bonds is 4. The monoisotopic (exact) mass is 468 g/mol. The van der Waals surface area contributed by atoms with E-state index in [0.717, 1.165) is 11.1 Å². The fraction of sp³-hybridized carbons (Fsp3) is 0.0556. The molecular formula is C18H11Cl3N4O3S. The molecule has 2 N–H and O–H groups in total. The number of hydrogen-bond donors (Lipinski definition) is 2. The average Bonchev–Trinajstić information content (AvgIpc) is 2.65. The number of carbonyl (C=O) groups is 3. The zero-order valence-corrected chi connectivity index (χ0v) is 17.4. The summed E-state index contributed by atoms with van der Waals surface area (Å²) in [6.45, 7) is 0. The quantitative estimate of drug-likeness (QED) is 0.311. The number of nitrogens with zero attached hydrogens (tertiary/aromatic N) is 2. The first-order valence-corrected chi connectivity index (χ1v) is 9.55. The summed E-state index contributed by atoms with van der Waals surface area (Å²) in [6.07, 6.45) is 1.02. The summed E-state index contributed by atoms with van der Waals surface area (Å²) < 4.78 is 0. The van der Waals surface area contributed by atoms with Crippen molar-refractivity contribution in [3.05, 3.63) is 63.1 Å². The Morgan fingerprint density at radius 2 is 1.76 bits per heavy atom. The molecule has 1 aliphatic heterocycles. The largest absolute Gasteiger partial charge is 0.301 e. The van der Waals surface area contributed by atoms with Gasteiger partial charge in [-0.15, -0.1) is 0 Å². The maximum Gasteiger partial charge on any atom is 0.272 e. The minimum absolute atomic E-state index is 0.0658. The van der Waals surface area contributed by atoms with E-state index in [1.54, 1.807) is 24.3 Å². The van der Waals surface area contributed by atoms with Crippen molar-refractivity contribution in [2.45, 2.75) is 0 Å². The molecule has 1 atom stereocenters. The van der Waals surface area contributed by atoms with E-state index in [-0.39, 0.29) is 15.7 Å². The number of halogens is 3. The molecule has 2 aromatic rings. The molecule has 3 amide bonds. The van der Waals surface area contributed by atoms with E-state index in [0.29, 0.717) is 15.7 Å². The fourth-order valence-corrected chi connectivity index (χ4v) is 3.38. The Kier molecular flexibility index (Phi) is 6.49. The molecule has 0 radical (unpaired) electrons. The predicted octanol–water partition coefficient (Wildman–Crippen LogP) is 3.43. The highest BCUT2D eigenvalue weighted by Gasteiger charge is 2.38. The molecule has 148 valence electrons. The molecule has 1 aliphatic rings. The van der Waals surface area contributed by atoms with E-state index < -0.39 is 23.6 Å². The predicted molar refractivity (Wildman–Crippen MR) is 116 cm³/mol. The van der Waals surface area contributed by atoms with Crippen LogP contribution in [-0.4, -0.2) is 29.0 Å². The second-order valence-corrected chi connectivity index (χ2v) is 7.43. The summed E-state index contributed by atoms with van der Waals surface area (Å²) in [7, 11) is 0. The highest BCUT2D eigenvalue weighted by Crippen LogP contribution is 2.23. The Morgan fingerprint density at radius 3 is 2.41 bits per heavy atom. The Hall–Kier alpha value is -2.52. The molecule has 3 rings (SSSR count). The third kappa shape index (κ3) is 4.73. The van der Waals surface area contributed by atoms with Crippen LogP contribution in [0.2, 0.25) is 15.1 Å². The van der Waals surface area contributed by atoms with Crippen LogP contribution in [-0.2, 0) is 9.59 Å². The van der Waals surface area contributed by atoms with Crippen molar-refractivity contribution in [3.63, 3.8) is 0 Å².